The number of nitrogens with two attached hydrogens (primary N) is 2. The molecule has 0 bridgehead atoms. The largest absolute Gasteiger partial charge is 0.480 e. The number of nitrogens with zero attached hydrogens (tertiary/aromatic N) is 1. The van der Waals surface area contributed by atoms with Crippen LogP contribution in [0.4, 0.5) is 0 Å². The molecule has 0 aromatic carbocycles. The van der Waals surface area contributed by atoms with Gasteiger partial charge in [-0.3, -0.25) is 19.2 Å². The van der Waals surface area contributed by atoms with E-state index in [1.807, 2.05) is 6.92 Å². The van der Waals surface area contributed by atoms with Crippen molar-refractivity contribution in [2.24, 2.45) is 17.4 Å². The molecule has 1 heterocycles. The van der Waals surface area contributed by atoms with Gasteiger partial charge in [-0.25, -0.2) is 9.78 Å². The summed E-state index contributed by atoms with van der Waals surface area (Å²) in [5.74, 6) is -4.80. The molecular weight excluding hydrogens is 454 g/mol. The molecule has 1 aromatic rings. The minimum absolute atomic E-state index is 0.110. The normalized spacial score (nSPS) is 15.4. The Morgan fingerprint density at radius 3 is 2.15 bits per heavy atom. The van der Waals surface area contributed by atoms with E-state index in [0.717, 1.165) is 0 Å². The van der Waals surface area contributed by atoms with Crippen LogP contribution in [0.2, 0.25) is 0 Å². The van der Waals surface area contributed by atoms with Gasteiger partial charge in [-0.15, -0.1) is 0 Å². The maximum absolute atomic E-state index is 12.7. The molecule has 4 amide bonds. The number of imidazole rings is 1. The van der Waals surface area contributed by atoms with Crippen LogP contribution in [0.5, 0.6) is 0 Å². The highest BCUT2D eigenvalue weighted by molar-refractivity contribution is 7.80. The Bertz CT molecular complexity index is 835. The maximum atomic E-state index is 12.7. The number of aliphatic carboxylic acids is 1. The molecule has 5 unspecified atom stereocenters. The lowest BCUT2D eigenvalue weighted by molar-refractivity contribution is -0.142. The van der Waals surface area contributed by atoms with E-state index in [4.69, 9.17) is 11.5 Å². The van der Waals surface area contributed by atoms with Crippen LogP contribution in [0.3, 0.4) is 0 Å². The average molecular weight is 486 g/mol. The topological polar surface area (TPSA) is 222 Å². The number of rotatable bonds is 14. The van der Waals surface area contributed by atoms with Crippen molar-refractivity contribution < 1.29 is 29.1 Å². The molecule has 0 fully saturated rings. The molecule has 33 heavy (non-hydrogen) atoms. The second-order valence-corrected chi connectivity index (χ2v) is 7.93. The number of carbonyl (C=O) groups is 5. The van der Waals surface area contributed by atoms with Crippen molar-refractivity contribution in [2.75, 3.05) is 5.75 Å². The number of aromatic amines is 1. The summed E-state index contributed by atoms with van der Waals surface area (Å²) in [7, 11) is 0. The minimum atomic E-state index is -1.47. The molecule has 13 nitrogen and oxygen atoms in total. The first kappa shape index (κ1) is 27.9. The van der Waals surface area contributed by atoms with Gasteiger partial charge >= 0.3 is 5.97 Å². The number of carbonyl (C=O) groups excluding carboxylic acids is 4. The summed E-state index contributed by atoms with van der Waals surface area (Å²) >= 11 is 4.05. The molecule has 184 valence electrons. The molecule has 1 rings (SSSR count). The molecule has 0 radical (unpaired) electrons. The van der Waals surface area contributed by atoms with Crippen LogP contribution in [0.25, 0.3) is 0 Å². The van der Waals surface area contributed by atoms with Crippen molar-refractivity contribution in [3.8, 4) is 0 Å². The lowest BCUT2D eigenvalue weighted by Crippen LogP contribution is -2.58. The van der Waals surface area contributed by atoms with Crippen molar-refractivity contribution in [3.63, 3.8) is 0 Å². The SMILES string of the molecule is CCC(C)C(N)C(=O)NC(CS)C(=O)NC(CC(N)=O)C(=O)NC(Cc1cnc[nH]1)C(=O)O. The minimum Gasteiger partial charge on any atom is -0.480 e. The third-order valence-electron chi connectivity index (χ3n) is 5.01. The first-order valence-electron chi connectivity index (χ1n) is 10.3. The van der Waals surface area contributed by atoms with E-state index in [1.165, 1.54) is 12.5 Å². The third kappa shape index (κ3) is 9.10. The molecule has 9 N–H and O–H groups in total. The molecule has 1 aromatic heterocycles. The van der Waals surface area contributed by atoms with Crippen molar-refractivity contribution in [1.29, 1.82) is 0 Å². The van der Waals surface area contributed by atoms with E-state index < -0.39 is 60.2 Å². The average Bonchev–Trinajstić information content (AvgIpc) is 3.27. The van der Waals surface area contributed by atoms with Gasteiger partial charge in [-0.1, -0.05) is 20.3 Å². The monoisotopic (exact) mass is 485 g/mol. The van der Waals surface area contributed by atoms with Gasteiger partial charge < -0.3 is 37.5 Å². The number of amides is 4. The zero-order valence-corrected chi connectivity index (χ0v) is 19.3. The molecule has 14 heteroatoms. The van der Waals surface area contributed by atoms with Gasteiger partial charge in [0, 0.05) is 24.1 Å². The van der Waals surface area contributed by atoms with E-state index in [2.05, 4.69) is 38.5 Å². The zero-order chi connectivity index (χ0) is 25.1. The van der Waals surface area contributed by atoms with E-state index in [-0.39, 0.29) is 18.1 Å². The van der Waals surface area contributed by atoms with E-state index in [0.29, 0.717) is 12.1 Å². The summed E-state index contributed by atoms with van der Waals surface area (Å²) in [6.07, 6.45) is 2.70. The number of nitrogens with one attached hydrogen (secondary N) is 4. The molecule has 0 aliphatic carbocycles. The molecule has 0 aliphatic heterocycles. The third-order valence-corrected chi connectivity index (χ3v) is 5.37. The Labute approximate surface area is 196 Å². The Kier molecular flexibility index (Phi) is 11.4. The Morgan fingerprint density at radius 2 is 1.67 bits per heavy atom. The van der Waals surface area contributed by atoms with Crippen LogP contribution in [0, 0.1) is 5.92 Å². The van der Waals surface area contributed by atoms with Gasteiger partial charge in [0.1, 0.15) is 18.1 Å². The highest BCUT2D eigenvalue weighted by Crippen LogP contribution is 2.06. The van der Waals surface area contributed by atoms with Gasteiger partial charge in [-0.2, -0.15) is 12.6 Å². The summed E-state index contributed by atoms with van der Waals surface area (Å²) in [6, 6.07) is -4.84. The smallest absolute Gasteiger partial charge is 0.326 e. The molecule has 0 saturated heterocycles. The predicted octanol–water partition coefficient (Wildman–Crippen LogP) is -2.33. The predicted molar refractivity (Wildman–Crippen MR) is 121 cm³/mol. The van der Waals surface area contributed by atoms with Crippen LogP contribution >= 0.6 is 12.6 Å². The first-order chi connectivity index (χ1) is 15.5. The van der Waals surface area contributed by atoms with E-state index >= 15 is 0 Å². The quantitative estimate of drug-likeness (QED) is 0.133. The van der Waals surface area contributed by atoms with Crippen LogP contribution in [0.15, 0.2) is 12.5 Å². The number of hydrogen-bond donors (Lipinski definition) is 8. The molecule has 0 spiro atoms. The summed E-state index contributed by atoms with van der Waals surface area (Å²) in [6.45, 7) is 3.65. The Morgan fingerprint density at radius 1 is 1.09 bits per heavy atom. The second kappa shape index (κ2) is 13.4. The number of carboxylic acid groups (broad SMARTS) is 1. The molecular formula is C19H31N7O6S. The van der Waals surface area contributed by atoms with Crippen LogP contribution < -0.4 is 27.4 Å². The summed E-state index contributed by atoms with van der Waals surface area (Å²) < 4.78 is 0. The fraction of sp³-hybridized carbons (Fsp3) is 0.579. The Hall–Kier alpha value is -3.13. The summed E-state index contributed by atoms with van der Waals surface area (Å²) in [4.78, 5) is 67.2. The lowest BCUT2D eigenvalue weighted by atomic mass is 9.99. The van der Waals surface area contributed by atoms with Gasteiger partial charge in [0.2, 0.25) is 23.6 Å². The number of thiol groups is 1. The standard InChI is InChI=1S/C19H31N7O6S/c1-3-9(2)15(21)18(30)26-13(7-33)17(29)24-11(5-14(20)27)16(28)25-12(19(31)32)4-10-6-22-8-23-10/h6,8-9,11-13,15,33H,3-5,7,21H2,1-2H3,(H2,20,27)(H,22,23)(H,24,29)(H,25,28)(H,26,30)(H,31,32). The summed E-state index contributed by atoms with van der Waals surface area (Å²) in [5.41, 5.74) is 11.5. The van der Waals surface area contributed by atoms with Crippen molar-refractivity contribution in [1.82, 2.24) is 25.9 Å². The van der Waals surface area contributed by atoms with Gasteiger partial charge in [-0.05, 0) is 5.92 Å². The van der Waals surface area contributed by atoms with Crippen LogP contribution in [-0.4, -0.2) is 74.6 Å². The number of carboxylic acids is 1. The molecule has 0 saturated carbocycles. The fourth-order valence-electron chi connectivity index (χ4n) is 2.75. The molecule has 0 aliphatic rings. The second-order valence-electron chi connectivity index (χ2n) is 7.57. The van der Waals surface area contributed by atoms with Crippen LogP contribution in [0.1, 0.15) is 32.4 Å². The Balaban J connectivity index is 2.89. The molecule has 5 atom stereocenters. The highest BCUT2D eigenvalue weighted by atomic mass is 32.1. The fourth-order valence-corrected chi connectivity index (χ4v) is 3.00. The van der Waals surface area contributed by atoms with Gasteiger partial charge in [0.15, 0.2) is 0 Å². The summed E-state index contributed by atoms with van der Waals surface area (Å²) in [5, 5.41) is 16.5. The van der Waals surface area contributed by atoms with Gasteiger partial charge in [0.05, 0.1) is 18.8 Å². The van der Waals surface area contributed by atoms with Crippen molar-refractivity contribution in [2.45, 2.75) is 57.3 Å². The van der Waals surface area contributed by atoms with Crippen LogP contribution in [-0.2, 0) is 30.4 Å². The van der Waals surface area contributed by atoms with Crippen molar-refractivity contribution >= 4 is 42.2 Å². The number of primary amides is 1. The maximum Gasteiger partial charge on any atom is 0.326 e. The lowest BCUT2D eigenvalue weighted by Gasteiger charge is -2.25. The van der Waals surface area contributed by atoms with Gasteiger partial charge in [0.25, 0.3) is 0 Å². The van der Waals surface area contributed by atoms with E-state index in [9.17, 15) is 29.1 Å². The van der Waals surface area contributed by atoms with E-state index in [1.54, 1.807) is 6.92 Å². The number of H-pyrrole nitrogens is 1. The number of aromatic nitrogens is 2. The number of hydrogen-bond acceptors (Lipinski definition) is 8. The highest BCUT2D eigenvalue weighted by Gasteiger charge is 2.31. The van der Waals surface area contributed by atoms with Crippen molar-refractivity contribution in [3.05, 3.63) is 18.2 Å². The first-order valence-corrected chi connectivity index (χ1v) is 10.9. The zero-order valence-electron chi connectivity index (χ0n) is 18.4.